The number of hydrogen-bond acceptors (Lipinski definition) is 0. The van der Waals surface area contributed by atoms with Crippen LogP contribution in [0.15, 0.2) is 0 Å². The maximum Gasteiger partial charge on any atom is -0.0386 e. The molecule has 2 saturated carbocycles. The molecule has 0 bridgehead atoms. The third-order valence-corrected chi connectivity index (χ3v) is 6.89. The van der Waals surface area contributed by atoms with E-state index in [2.05, 4.69) is 41.5 Å². The predicted molar refractivity (Wildman–Crippen MR) is 101 cm³/mol. The molecule has 0 heterocycles. The molecule has 0 spiro atoms. The fourth-order valence-corrected chi connectivity index (χ4v) is 4.41. The van der Waals surface area contributed by atoms with Crippen molar-refractivity contribution < 1.29 is 0 Å². The maximum absolute atomic E-state index is 2.43. The molecule has 0 unspecified atom stereocenters. The van der Waals surface area contributed by atoms with Crippen LogP contribution in [-0.2, 0) is 0 Å². The molecule has 0 radical (unpaired) electrons. The van der Waals surface area contributed by atoms with Gasteiger partial charge in [0.1, 0.15) is 0 Å². The van der Waals surface area contributed by atoms with Gasteiger partial charge < -0.3 is 0 Å². The van der Waals surface area contributed by atoms with E-state index >= 15 is 0 Å². The highest BCUT2D eigenvalue weighted by Gasteiger charge is 2.22. The minimum Gasteiger partial charge on any atom is -0.0625 e. The highest BCUT2D eigenvalue weighted by atomic mass is 14.3. The summed E-state index contributed by atoms with van der Waals surface area (Å²) in [7, 11) is 0. The first-order valence-electron chi connectivity index (χ1n) is 10.4. The van der Waals surface area contributed by atoms with E-state index in [-0.39, 0.29) is 0 Å². The smallest absolute Gasteiger partial charge is 0.0386 e. The van der Waals surface area contributed by atoms with Crippen LogP contribution in [0.4, 0.5) is 0 Å². The van der Waals surface area contributed by atoms with E-state index in [0.29, 0.717) is 0 Å². The molecule has 0 aliphatic heterocycles. The van der Waals surface area contributed by atoms with E-state index < -0.39 is 0 Å². The van der Waals surface area contributed by atoms with Crippen LogP contribution in [0.1, 0.15) is 106 Å². The lowest BCUT2D eigenvalue weighted by molar-refractivity contribution is 0.213. The van der Waals surface area contributed by atoms with Crippen LogP contribution < -0.4 is 0 Å². The molecule has 0 aromatic heterocycles. The van der Waals surface area contributed by atoms with Crippen molar-refractivity contribution in [1.82, 2.24) is 0 Å². The van der Waals surface area contributed by atoms with E-state index in [4.69, 9.17) is 0 Å². The zero-order valence-corrected chi connectivity index (χ0v) is 16.5. The Hall–Kier alpha value is 0. The average Bonchev–Trinajstić information content (AvgIpc) is 2.55. The molecule has 0 nitrogen and oxygen atoms in total. The van der Waals surface area contributed by atoms with Crippen LogP contribution in [0.2, 0.25) is 0 Å². The third kappa shape index (κ3) is 7.05. The quantitative estimate of drug-likeness (QED) is 0.498. The van der Waals surface area contributed by atoms with E-state index in [1.54, 1.807) is 0 Å². The van der Waals surface area contributed by atoms with Crippen molar-refractivity contribution >= 4 is 0 Å². The Morgan fingerprint density at radius 1 is 0.455 bits per heavy atom. The van der Waals surface area contributed by atoms with Crippen molar-refractivity contribution in [3.63, 3.8) is 0 Å². The van der Waals surface area contributed by atoms with Gasteiger partial charge >= 0.3 is 0 Å². The van der Waals surface area contributed by atoms with Gasteiger partial charge in [-0.1, -0.05) is 106 Å². The highest BCUT2D eigenvalue weighted by Crippen LogP contribution is 2.34. The molecule has 0 saturated heterocycles. The molecule has 0 heteroatoms. The summed E-state index contributed by atoms with van der Waals surface area (Å²) in [5, 5.41) is 0. The first-order chi connectivity index (χ1) is 10.4. The molecule has 0 amide bonds. The topological polar surface area (TPSA) is 0 Å². The van der Waals surface area contributed by atoms with E-state index in [1.165, 1.54) is 64.2 Å². The van der Waals surface area contributed by atoms with Gasteiger partial charge in [0.05, 0.1) is 0 Å². The Morgan fingerprint density at radius 3 is 0.955 bits per heavy atom. The lowest BCUT2D eigenvalue weighted by atomic mass is 9.76. The Kier molecular flexibility index (Phi) is 9.76. The van der Waals surface area contributed by atoms with E-state index in [1.807, 2.05) is 0 Å². The molecule has 2 aliphatic rings. The molecular formula is C22H44. The molecule has 0 aromatic carbocycles. The fourth-order valence-electron chi connectivity index (χ4n) is 4.41. The van der Waals surface area contributed by atoms with E-state index in [0.717, 1.165) is 35.5 Å². The normalized spacial score (nSPS) is 24.0. The van der Waals surface area contributed by atoms with Crippen LogP contribution in [0.5, 0.6) is 0 Å². The van der Waals surface area contributed by atoms with Gasteiger partial charge in [0.15, 0.2) is 0 Å². The Bertz CT molecular complexity index is 225. The average molecular weight is 309 g/mol. The highest BCUT2D eigenvalue weighted by molar-refractivity contribution is 4.73. The molecule has 132 valence electrons. The lowest BCUT2D eigenvalue weighted by Gasteiger charge is -2.30. The van der Waals surface area contributed by atoms with Gasteiger partial charge in [-0.05, 0) is 35.5 Å². The second-order valence-electron chi connectivity index (χ2n) is 9.00. The summed E-state index contributed by atoms with van der Waals surface area (Å²) in [4.78, 5) is 0. The fraction of sp³-hybridized carbons (Fsp3) is 1.00. The lowest BCUT2D eigenvalue weighted by Crippen LogP contribution is -2.19. The SMILES string of the molecule is CC(C)[C@@H](C)C1CCCCC1.CC(C)[C@H](C)C1CCCCC1. The Morgan fingerprint density at radius 2 is 0.727 bits per heavy atom. The third-order valence-electron chi connectivity index (χ3n) is 6.89. The van der Waals surface area contributed by atoms with E-state index in [9.17, 15) is 0 Å². The van der Waals surface area contributed by atoms with Crippen LogP contribution in [-0.4, -0.2) is 0 Å². The van der Waals surface area contributed by atoms with Crippen molar-refractivity contribution in [2.45, 2.75) is 106 Å². The summed E-state index contributed by atoms with van der Waals surface area (Å²) in [6.45, 7) is 14.3. The van der Waals surface area contributed by atoms with Gasteiger partial charge in [-0.25, -0.2) is 0 Å². The zero-order chi connectivity index (χ0) is 16.5. The molecular weight excluding hydrogens is 264 g/mol. The zero-order valence-electron chi connectivity index (χ0n) is 16.5. The molecule has 2 fully saturated rings. The first-order valence-corrected chi connectivity index (χ1v) is 10.4. The summed E-state index contributed by atoms with van der Waals surface area (Å²) >= 11 is 0. The van der Waals surface area contributed by atoms with Crippen molar-refractivity contribution in [3.8, 4) is 0 Å². The van der Waals surface area contributed by atoms with Gasteiger partial charge in [-0.15, -0.1) is 0 Å². The molecule has 22 heavy (non-hydrogen) atoms. The summed E-state index contributed by atoms with van der Waals surface area (Å²) in [5.74, 6) is 5.77. The molecule has 0 N–H and O–H groups in total. The summed E-state index contributed by atoms with van der Waals surface area (Å²) in [6.07, 6.45) is 14.9. The van der Waals surface area contributed by atoms with Gasteiger partial charge in [-0.3, -0.25) is 0 Å². The number of rotatable bonds is 4. The molecule has 0 aromatic rings. The summed E-state index contributed by atoms with van der Waals surface area (Å²) in [5.41, 5.74) is 0. The first kappa shape index (κ1) is 20.0. The van der Waals surface area contributed by atoms with Gasteiger partial charge in [0.25, 0.3) is 0 Å². The molecule has 2 aliphatic carbocycles. The Labute approximate surface area is 141 Å². The van der Waals surface area contributed by atoms with Gasteiger partial charge in [0.2, 0.25) is 0 Å². The van der Waals surface area contributed by atoms with Crippen molar-refractivity contribution in [2.24, 2.45) is 35.5 Å². The second kappa shape index (κ2) is 10.7. The van der Waals surface area contributed by atoms with Crippen LogP contribution >= 0.6 is 0 Å². The van der Waals surface area contributed by atoms with Crippen LogP contribution in [0, 0.1) is 35.5 Å². The van der Waals surface area contributed by atoms with Gasteiger partial charge in [-0.2, -0.15) is 0 Å². The minimum atomic E-state index is 0.887. The van der Waals surface area contributed by atoms with Crippen molar-refractivity contribution in [3.05, 3.63) is 0 Å². The standard InChI is InChI=1S/2C11H22/c2*1-9(2)10(3)11-7-5-4-6-8-11/h2*9-11H,4-8H2,1-3H3/t2*10-/m10/s1. The monoisotopic (exact) mass is 308 g/mol. The molecule has 2 atom stereocenters. The van der Waals surface area contributed by atoms with Crippen molar-refractivity contribution in [2.75, 3.05) is 0 Å². The molecule has 2 rings (SSSR count). The van der Waals surface area contributed by atoms with Gasteiger partial charge in [0, 0.05) is 0 Å². The maximum atomic E-state index is 2.43. The van der Waals surface area contributed by atoms with Crippen LogP contribution in [0.25, 0.3) is 0 Å². The second-order valence-corrected chi connectivity index (χ2v) is 9.00. The minimum absolute atomic E-state index is 0.887. The Balaban J connectivity index is 0.000000220. The summed E-state index contributed by atoms with van der Waals surface area (Å²) in [6, 6.07) is 0. The van der Waals surface area contributed by atoms with Crippen molar-refractivity contribution in [1.29, 1.82) is 0 Å². The van der Waals surface area contributed by atoms with Crippen LogP contribution in [0.3, 0.4) is 0 Å². The predicted octanol–water partition coefficient (Wildman–Crippen LogP) is 7.72. The number of hydrogen-bond donors (Lipinski definition) is 0. The summed E-state index contributed by atoms with van der Waals surface area (Å²) < 4.78 is 0. The largest absolute Gasteiger partial charge is 0.0625 e.